The number of benzene rings is 1. The predicted octanol–water partition coefficient (Wildman–Crippen LogP) is 2.78. The van der Waals surface area contributed by atoms with Gasteiger partial charge < -0.3 is 4.74 Å². The Hall–Kier alpha value is -2.43. The number of pyridine rings is 1. The highest BCUT2D eigenvalue weighted by Crippen LogP contribution is 2.15. The van der Waals surface area contributed by atoms with Gasteiger partial charge >= 0.3 is 0 Å². The van der Waals surface area contributed by atoms with Crippen molar-refractivity contribution in [3.05, 3.63) is 64.0 Å². The molecule has 0 saturated heterocycles. The van der Waals surface area contributed by atoms with Gasteiger partial charge in [0.2, 0.25) is 0 Å². The van der Waals surface area contributed by atoms with Crippen molar-refractivity contribution in [2.45, 2.75) is 12.8 Å². The molecule has 1 aromatic heterocycles. The molecule has 19 heavy (non-hydrogen) atoms. The smallest absolute Gasteiger partial charge is 0.272 e. The number of ether oxygens (including phenoxy) is 1. The molecule has 0 saturated carbocycles. The Morgan fingerprint density at radius 2 is 1.95 bits per heavy atom. The molecule has 0 fully saturated rings. The summed E-state index contributed by atoms with van der Waals surface area (Å²) < 4.78 is 5.09. The fraction of sp³-hybridized carbons (Fsp3) is 0.214. The second-order valence-corrected chi connectivity index (χ2v) is 4.11. The number of hydrogen-bond acceptors (Lipinski definition) is 4. The number of nitro groups is 1. The second-order valence-electron chi connectivity index (χ2n) is 4.11. The minimum atomic E-state index is -0.404. The lowest BCUT2D eigenvalue weighted by Crippen LogP contribution is -1.96. The molecule has 2 aromatic rings. The van der Waals surface area contributed by atoms with Crippen LogP contribution in [0.1, 0.15) is 11.3 Å². The van der Waals surface area contributed by atoms with Crippen LogP contribution >= 0.6 is 0 Å². The van der Waals surface area contributed by atoms with Crippen molar-refractivity contribution in [2.75, 3.05) is 7.11 Å². The summed E-state index contributed by atoms with van der Waals surface area (Å²) in [5.41, 5.74) is 1.96. The van der Waals surface area contributed by atoms with Crippen molar-refractivity contribution in [1.82, 2.24) is 4.98 Å². The molecule has 1 heterocycles. The van der Waals surface area contributed by atoms with Crippen molar-refractivity contribution in [1.29, 1.82) is 0 Å². The lowest BCUT2D eigenvalue weighted by Gasteiger charge is -2.03. The predicted molar refractivity (Wildman–Crippen MR) is 71.3 cm³/mol. The van der Waals surface area contributed by atoms with Gasteiger partial charge in [-0.05, 0) is 30.5 Å². The van der Waals surface area contributed by atoms with E-state index in [1.54, 1.807) is 7.11 Å². The molecule has 0 unspecified atom stereocenters. The quantitative estimate of drug-likeness (QED) is 0.611. The van der Waals surface area contributed by atoms with Gasteiger partial charge in [0.25, 0.3) is 5.69 Å². The van der Waals surface area contributed by atoms with Crippen LogP contribution < -0.4 is 4.74 Å². The van der Waals surface area contributed by atoms with E-state index in [-0.39, 0.29) is 5.69 Å². The van der Waals surface area contributed by atoms with Gasteiger partial charge in [0.05, 0.1) is 12.0 Å². The first kappa shape index (κ1) is 13.0. The third kappa shape index (κ3) is 3.51. The maximum Gasteiger partial charge on any atom is 0.272 e. The van der Waals surface area contributed by atoms with Gasteiger partial charge in [-0.1, -0.05) is 12.1 Å². The van der Waals surface area contributed by atoms with Gasteiger partial charge in [0.1, 0.15) is 5.75 Å². The topological polar surface area (TPSA) is 65.3 Å². The van der Waals surface area contributed by atoms with Gasteiger partial charge in [-0.2, -0.15) is 0 Å². The summed E-state index contributed by atoms with van der Waals surface area (Å²) in [6.45, 7) is 0. The van der Waals surface area contributed by atoms with Crippen LogP contribution in [-0.2, 0) is 12.8 Å². The van der Waals surface area contributed by atoms with E-state index in [1.807, 2.05) is 24.3 Å². The van der Waals surface area contributed by atoms with Crippen LogP contribution in [0.5, 0.6) is 5.75 Å². The van der Waals surface area contributed by atoms with E-state index < -0.39 is 4.92 Å². The van der Waals surface area contributed by atoms with Gasteiger partial charge in [0.15, 0.2) is 0 Å². The lowest BCUT2D eigenvalue weighted by molar-refractivity contribution is -0.385. The van der Waals surface area contributed by atoms with Crippen LogP contribution in [0.4, 0.5) is 5.69 Å². The number of hydrogen-bond donors (Lipinski definition) is 0. The Kier molecular flexibility index (Phi) is 4.07. The summed E-state index contributed by atoms with van der Waals surface area (Å²) >= 11 is 0. The SMILES string of the molecule is COc1ccc(CCc2cc([N+](=O)[O-])ccn2)cc1. The van der Waals surface area contributed by atoms with Gasteiger partial charge in [0, 0.05) is 24.0 Å². The monoisotopic (exact) mass is 258 g/mol. The zero-order chi connectivity index (χ0) is 13.7. The van der Waals surface area contributed by atoms with Gasteiger partial charge in [-0.3, -0.25) is 15.1 Å². The van der Waals surface area contributed by atoms with Crippen molar-refractivity contribution in [3.8, 4) is 5.75 Å². The molecule has 0 amide bonds. The van der Waals surface area contributed by atoms with Crippen LogP contribution in [0.15, 0.2) is 42.6 Å². The highest BCUT2D eigenvalue weighted by atomic mass is 16.6. The van der Waals surface area contributed by atoms with Crippen LogP contribution in [0.2, 0.25) is 0 Å². The summed E-state index contributed by atoms with van der Waals surface area (Å²) in [4.78, 5) is 14.4. The Morgan fingerprint density at radius 1 is 1.21 bits per heavy atom. The van der Waals surface area contributed by atoms with Crippen LogP contribution in [0, 0.1) is 10.1 Å². The van der Waals surface area contributed by atoms with E-state index in [0.29, 0.717) is 6.42 Å². The average molecular weight is 258 g/mol. The van der Waals surface area contributed by atoms with Gasteiger partial charge in [-0.25, -0.2) is 0 Å². The van der Waals surface area contributed by atoms with E-state index in [4.69, 9.17) is 4.74 Å². The highest BCUT2D eigenvalue weighted by Gasteiger charge is 2.06. The number of nitrogens with zero attached hydrogens (tertiary/aromatic N) is 2. The average Bonchev–Trinajstić information content (AvgIpc) is 2.46. The fourth-order valence-corrected chi connectivity index (χ4v) is 1.78. The van der Waals surface area contributed by atoms with E-state index in [1.165, 1.54) is 18.3 Å². The standard InChI is InChI=1S/C14H14N2O3/c1-19-14-6-3-11(4-7-14)2-5-12-10-13(16(17)18)8-9-15-12/h3-4,6-10H,2,5H2,1H3. The first-order valence-electron chi connectivity index (χ1n) is 5.91. The molecular weight excluding hydrogens is 244 g/mol. The fourth-order valence-electron chi connectivity index (χ4n) is 1.78. The number of methoxy groups -OCH3 is 1. The van der Waals surface area contributed by atoms with Crippen LogP contribution in [-0.4, -0.2) is 17.0 Å². The van der Waals surface area contributed by atoms with Crippen LogP contribution in [0.3, 0.4) is 0 Å². The lowest BCUT2D eigenvalue weighted by atomic mass is 10.1. The van der Waals surface area contributed by atoms with E-state index in [9.17, 15) is 10.1 Å². The van der Waals surface area contributed by atoms with Crippen molar-refractivity contribution in [3.63, 3.8) is 0 Å². The molecule has 0 aliphatic heterocycles. The molecule has 0 radical (unpaired) electrons. The largest absolute Gasteiger partial charge is 0.497 e. The third-order valence-electron chi connectivity index (χ3n) is 2.84. The molecule has 0 aliphatic rings. The Bertz CT molecular complexity index is 567. The molecule has 0 spiro atoms. The van der Waals surface area contributed by atoms with Crippen molar-refractivity contribution in [2.24, 2.45) is 0 Å². The molecule has 98 valence electrons. The maximum absolute atomic E-state index is 10.7. The normalized spacial score (nSPS) is 10.2. The van der Waals surface area contributed by atoms with E-state index in [0.717, 1.165) is 23.4 Å². The molecule has 0 N–H and O–H groups in total. The molecule has 0 bridgehead atoms. The molecule has 2 rings (SSSR count). The van der Waals surface area contributed by atoms with Crippen LogP contribution in [0.25, 0.3) is 0 Å². The van der Waals surface area contributed by atoms with Crippen molar-refractivity contribution < 1.29 is 9.66 Å². The second kappa shape index (κ2) is 5.95. The molecule has 1 aromatic carbocycles. The number of aryl methyl sites for hydroxylation is 2. The summed E-state index contributed by atoms with van der Waals surface area (Å²) in [5.74, 6) is 0.817. The first-order chi connectivity index (χ1) is 9.19. The summed E-state index contributed by atoms with van der Waals surface area (Å²) in [7, 11) is 1.63. The van der Waals surface area contributed by atoms with E-state index >= 15 is 0 Å². The summed E-state index contributed by atoms with van der Waals surface area (Å²) in [6.07, 6.45) is 2.94. The highest BCUT2D eigenvalue weighted by molar-refractivity contribution is 5.31. The third-order valence-corrected chi connectivity index (χ3v) is 2.84. The summed E-state index contributed by atoms with van der Waals surface area (Å²) in [5, 5.41) is 10.7. The number of aromatic nitrogens is 1. The summed E-state index contributed by atoms with van der Waals surface area (Å²) in [6, 6.07) is 10.7. The molecule has 5 heteroatoms. The zero-order valence-corrected chi connectivity index (χ0v) is 10.6. The molecule has 0 atom stereocenters. The maximum atomic E-state index is 10.7. The zero-order valence-electron chi connectivity index (χ0n) is 10.6. The minimum absolute atomic E-state index is 0.0831. The Balaban J connectivity index is 2.01. The van der Waals surface area contributed by atoms with Crippen molar-refractivity contribution >= 4 is 5.69 Å². The Morgan fingerprint density at radius 3 is 2.58 bits per heavy atom. The molecule has 5 nitrogen and oxygen atoms in total. The van der Waals surface area contributed by atoms with E-state index in [2.05, 4.69) is 4.98 Å². The first-order valence-corrected chi connectivity index (χ1v) is 5.91. The van der Waals surface area contributed by atoms with Gasteiger partial charge in [-0.15, -0.1) is 0 Å². The Labute approximate surface area is 111 Å². The molecule has 0 aliphatic carbocycles. The minimum Gasteiger partial charge on any atom is -0.497 e. The molecular formula is C14H14N2O3. The number of rotatable bonds is 5.